The molecule has 0 bridgehead atoms. The van der Waals surface area contributed by atoms with Gasteiger partial charge in [-0.3, -0.25) is 9.59 Å². The first-order chi connectivity index (χ1) is 9.60. The molecule has 118 valence electrons. The molecule has 4 nitrogen and oxygen atoms in total. The number of hydrogen-bond acceptors (Lipinski definition) is 3. The lowest BCUT2D eigenvalue weighted by Crippen LogP contribution is -2.18. The van der Waals surface area contributed by atoms with Crippen molar-refractivity contribution in [3.8, 4) is 0 Å². The Morgan fingerprint density at radius 3 is 2.10 bits per heavy atom. The summed E-state index contributed by atoms with van der Waals surface area (Å²) in [6, 6.07) is 0. The first-order valence-electron chi connectivity index (χ1n) is 8.01. The first-order valence-corrected chi connectivity index (χ1v) is 8.01. The minimum atomic E-state index is -0.786. The van der Waals surface area contributed by atoms with E-state index in [1.807, 2.05) is 0 Å². The summed E-state index contributed by atoms with van der Waals surface area (Å²) in [5, 5.41) is 8.66. The van der Waals surface area contributed by atoms with Crippen molar-refractivity contribution >= 4 is 11.9 Å². The number of ether oxygens (including phenoxy) is 1. The fraction of sp³-hybridized carbons (Fsp3) is 0.875. The van der Waals surface area contributed by atoms with Crippen LogP contribution in [0.3, 0.4) is 0 Å². The number of rotatable bonds is 13. The van der Waals surface area contributed by atoms with Crippen LogP contribution < -0.4 is 0 Å². The number of aliphatic carboxylic acids is 1. The Morgan fingerprint density at radius 2 is 1.50 bits per heavy atom. The molecule has 0 aromatic heterocycles. The molecule has 0 aliphatic carbocycles. The van der Waals surface area contributed by atoms with E-state index in [-0.39, 0.29) is 18.5 Å². The summed E-state index contributed by atoms with van der Waals surface area (Å²) in [6.45, 7) is 4.24. The molecule has 0 amide bonds. The summed E-state index contributed by atoms with van der Waals surface area (Å²) in [5.74, 6) is -0.915. The molecule has 1 atom stereocenters. The third-order valence-electron chi connectivity index (χ3n) is 3.33. The van der Waals surface area contributed by atoms with Crippen molar-refractivity contribution < 1.29 is 19.4 Å². The summed E-state index contributed by atoms with van der Waals surface area (Å²) in [5.41, 5.74) is 0. The summed E-state index contributed by atoms with van der Waals surface area (Å²) in [4.78, 5) is 22.2. The highest BCUT2D eigenvalue weighted by Crippen LogP contribution is 2.15. The molecule has 0 aliphatic heterocycles. The maximum Gasteiger partial charge on any atom is 0.306 e. The van der Waals surface area contributed by atoms with Crippen molar-refractivity contribution in [3.63, 3.8) is 0 Å². The molecule has 0 aromatic carbocycles. The normalized spacial score (nSPS) is 12.1. The highest BCUT2D eigenvalue weighted by Gasteiger charge is 2.14. The van der Waals surface area contributed by atoms with Crippen molar-refractivity contribution in [1.29, 1.82) is 0 Å². The second-order valence-electron chi connectivity index (χ2n) is 5.35. The SMILES string of the molecule is CCCCCC(=O)OC(CCCCC)CCCC(=O)O. The van der Waals surface area contributed by atoms with Crippen LogP contribution in [0.15, 0.2) is 0 Å². The van der Waals surface area contributed by atoms with Gasteiger partial charge in [0.15, 0.2) is 0 Å². The van der Waals surface area contributed by atoms with Crippen LogP contribution in [0, 0.1) is 0 Å². The average molecular weight is 286 g/mol. The third-order valence-corrected chi connectivity index (χ3v) is 3.33. The smallest absolute Gasteiger partial charge is 0.306 e. The Hall–Kier alpha value is -1.06. The summed E-state index contributed by atoms with van der Waals surface area (Å²) < 4.78 is 5.49. The number of unbranched alkanes of at least 4 members (excludes halogenated alkanes) is 4. The summed E-state index contributed by atoms with van der Waals surface area (Å²) in [7, 11) is 0. The van der Waals surface area contributed by atoms with E-state index in [1.54, 1.807) is 0 Å². The highest BCUT2D eigenvalue weighted by molar-refractivity contribution is 5.69. The molecule has 20 heavy (non-hydrogen) atoms. The van der Waals surface area contributed by atoms with E-state index in [2.05, 4.69) is 13.8 Å². The molecular weight excluding hydrogens is 256 g/mol. The molecule has 0 heterocycles. The van der Waals surface area contributed by atoms with E-state index in [0.717, 1.165) is 44.9 Å². The standard InChI is InChI=1S/C16H30O4/c1-3-5-7-10-14(11-9-12-15(17)18)20-16(19)13-8-6-4-2/h14H,3-13H2,1-2H3,(H,17,18). The van der Waals surface area contributed by atoms with Gasteiger partial charge in [-0.25, -0.2) is 0 Å². The number of carboxylic acid groups (broad SMARTS) is 1. The molecule has 4 heteroatoms. The Bertz CT molecular complexity index is 263. The van der Waals surface area contributed by atoms with Gasteiger partial charge in [0.25, 0.3) is 0 Å². The van der Waals surface area contributed by atoms with Crippen molar-refractivity contribution in [3.05, 3.63) is 0 Å². The largest absolute Gasteiger partial charge is 0.481 e. The predicted molar refractivity (Wildman–Crippen MR) is 79.7 cm³/mol. The first kappa shape index (κ1) is 18.9. The Kier molecular flexibility index (Phi) is 12.3. The van der Waals surface area contributed by atoms with Gasteiger partial charge in [0.2, 0.25) is 0 Å². The van der Waals surface area contributed by atoms with Crippen LogP contribution in [0.1, 0.15) is 84.5 Å². The minimum Gasteiger partial charge on any atom is -0.481 e. The zero-order chi connectivity index (χ0) is 15.2. The highest BCUT2D eigenvalue weighted by atomic mass is 16.5. The number of hydrogen-bond donors (Lipinski definition) is 1. The van der Waals surface area contributed by atoms with Crippen LogP contribution in [0.2, 0.25) is 0 Å². The van der Waals surface area contributed by atoms with E-state index >= 15 is 0 Å². The Morgan fingerprint density at radius 1 is 0.900 bits per heavy atom. The van der Waals surface area contributed by atoms with Gasteiger partial charge in [-0.2, -0.15) is 0 Å². The zero-order valence-corrected chi connectivity index (χ0v) is 13.0. The van der Waals surface area contributed by atoms with Gasteiger partial charge in [-0.15, -0.1) is 0 Å². The van der Waals surface area contributed by atoms with Crippen molar-refractivity contribution in [2.45, 2.75) is 90.6 Å². The summed E-state index contributed by atoms with van der Waals surface area (Å²) >= 11 is 0. The molecule has 0 rings (SSSR count). The fourth-order valence-electron chi connectivity index (χ4n) is 2.13. The van der Waals surface area contributed by atoms with E-state index in [1.165, 1.54) is 0 Å². The van der Waals surface area contributed by atoms with Crippen LogP contribution in [0.25, 0.3) is 0 Å². The lowest BCUT2D eigenvalue weighted by Gasteiger charge is -2.17. The van der Waals surface area contributed by atoms with Crippen LogP contribution in [0.5, 0.6) is 0 Å². The van der Waals surface area contributed by atoms with Crippen molar-refractivity contribution in [1.82, 2.24) is 0 Å². The Balaban J connectivity index is 4.00. The van der Waals surface area contributed by atoms with Crippen LogP contribution in [0.4, 0.5) is 0 Å². The van der Waals surface area contributed by atoms with Crippen LogP contribution >= 0.6 is 0 Å². The molecule has 1 unspecified atom stereocenters. The number of carbonyl (C=O) groups is 2. The monoisotopic (exact) mass is 286 g/mol. The van der Waals surface area contributed by atoms with E-state index in [4.69, 9.17) is 9.84 Å². The molecule has 0 saturated heterocycles. The van der Waals surface area contributed by atoms with Crippen molar-refractivity contribution in [2.24, 2.45) is 0 Å². The van der Waals surface area contributed by atoms with Gasteiger partial charge >= 0.3 is 11.9 Å². The van der Waals surface area contributed by atoms with Gasteiger partial charge in [-0.1, -0.05) is 39.5 Å². The molecule has 0 aliphatic rings. The quantitative estimate of drug-likeness (QED) is 0.404. The molecular formula is C16H30O4. The number of esters is 1. The maximum atomic E-state index is 11.7. The Labute approximate surface area is 122 Å². The molecule has 0 radical (unpaired) electrons. The minimum absolute atomic E-state index is 0.102. The number of carbonyl (C=O) groups excluding carboxylic acids is 1. The van der Waals surface area contributed by atoms with E-state index < -0.39 is 5.97 Å². The third kappa shape index (κ3) is 12.0. The zero-order valence-electron chi connectivity index (χ0n) is 13.0. The lowest BCUT2D eigenvalue weighted by molar-refractivity contribution is -0.150. The van der Waals surface area contributed by atoms with Crippen LogP contribution in [-0.2, 0) is 14.3 Å². The summed E-state index contributed by atoms with van der Waals surface area (Å²) in [6.07, 6.45) is 8.94. The second-order valence-corrected chi connectivity index (χ2v) is 5.35. The second kappa shape index (κ2) is 12.9. The lowest BCUT2D eigenvalue weighted by atomic mass is 10.0. The molecule has 0 spiro atoms. The average Bonchev–Trinajstić information content (AvgIpc) is 2.38. The van der Waals surface area contributed by atoms with Gasteiger partial charge in [0, 0.05) is 12.8 Å². The fourth-order valence-corrected chi connectivity index (χ4v) is 2.13. The van der Waals surface area contributed by atoms with Crippen molar-refractivity contribution in [2.75, 3.05) is 0 Å². The van der Waals surface area contributed by atoms with Crippen LogP contribution in [-0.4, -0.2) is 23.1 Å². The maximum absolute atomic E-state index is 11.7. The van der Waals surface area contributed by atoms with E-state index in [9.17, 15) is 9.59 Å². The topological polar surface area (TPSA) is 63.6 Å². The molecule has 0 aromatic rings. The molecule has 0 fully saturated rings. The van der Waals surface area contributed by atoms with E-state index in [0.29, 0.717) is 19.3 Å². The number of carboxylic acids is 1. The van der Waals surface area contributed by atoms with Gasteiger partial charge in [0.05, 0.1) is 0 Å². The van der Waals surface area contributed by atoms with Gasteiger partial charge < -0.3 is 9.84 Å². The predicted octanol–water partition coefficient (Wildman–Crippen LogP) is 4.31. The molecule has 1 N–H and O–H groups in total. The van der Waals surface area contributed by atoms with Gasteiger partial charge in [-0.05, 0) is 32.1 Å². The van der Waals surface area contributed by atoms with Gasteiger partial charge in [0.1, 0.15) is 6.10 Å². The molecule has 0 saturated carbocycles.